The standard InChI is InChI=1S/C24H26F4N6O/c1-15-11-16(13-30-15)23(35)29-9-4-5-19-17(12-24(26,27)28)21-6-3-7-22(34(21)32-19)31-20-8-10-33(2)14-18(20)25/h3,6-7,11,13,18,20,30-31H,8-10,12,14H2,1-2H3,(H,29,35)/t18-,20+/m0/s1. The van der Waals surface area contributed by atoms with E-state index in [4.69, 9.17) is 0 Å². The van der Waals surface area contributed by atoms with Crippen molar-refractivity contribution in [2.75, 3.05) is 32.0 Å². The largest absolute Gasteiger partial charge is 0.393 e. The summed E-state index contributed by atoms with van der Waals surface area (Å²) in [7, 11) is 1.84. The van der Waals surface area contributed by atoms with Crippen molar-refractivity contribution < 1.29 is 22.4 Å². The Morgan fingerprint density at radius 2 is 2.14 bits per heavy atom. The number of hydrogen-bond donors (Lipinski definition) is 3. The van der Waals surface area contributed by atoms with Crippen molar-refractivity contribution in [2.24, 2.45) is 0 Å². The molecule has 0 radical (unpaired) electrons. The van der Waals surface area contributed by atoms with Gasteiger partial charge in [-0.15, -0.1) is 0 Å². The first kappa shape index (κ1) is 24.6. The Morgan fingerprint density at radius 3 is 2.83 bits per heavy atom. The minimum absolute atomic E-state index is 0.0384. The van der Waals surface area contributed by atoms with Crippen LogP contribution in [-0.4, -0.2) is 70.5 Å². The average Bonchev–Trinajstić information content (AvgIpc) is 3.36. The molecular formula is C24H26F4N6O. The van der Waals surface area contributed by atoms with Crippen LogP contribution in [0.1, 0.15) is 33.7 Å². The maximum Gasteiger partial charge on any atom is 0.393 e. The molecule has 3 N–H and O–H groups in total. The Bertz CT molecular complexity index is 1270. The second kappa shape index (κ2) is 10.00. The van der Waals surface area contributed by atoms with Crippen LogP contribution in [0.4, 0.5) is 23.4 Å². The normalized spacial score (nSPS) is 18.8. The molecule has 3 aromatic rings. The van der Waals surface area contributed by atoms with E-state index in [1.54, 1.807) is 24.4 Å². The Hall–Kier alpha value is -3.52. The number of nitrogens with one attached hydrogen (secondary N) is 3. The summed E-state index contributed by atoms with van der Waals surface area (Å²) in [4.78, 5) is 16.9. The van der Waals surface area contributed by atoms with Crippen LogP contribution in [0.15, 0.2) is 30.5 Å². The number of halogens is 4. The predicted octanol–water partition coefficient (Wildman–Crippen LogP) is 3.31. The first-order valence-electron chi connectivity index (χ1n) is 11.2. The number of fused-ring (bicyclic) bond motifs is 1. The topological polar surface area (TPSA) is 77.5 Å². The summed E-state index contributed by atoms with van der Waals surface area (Å²) < 4.78 is 56.0. The molecule has 1 aliphatic rings. The highest BCUT2D eigenvalue weighted by molar-refractivity contribution is 5.94. The fourth-order valence-electron chi connectivity index (χ4n) is 4.11. The van der Waals surface area contributed by atoms with Gasteiger partial charge in [0.15, 0.2) is 0 Å². The molecule has 3 aromatic heterocycles. The smallest absolute Gasteiger partial charge is 0.364 e. The number of aromatic nitrogens is 3. The number of aryl methyl sites for hydroxylation is 1. The van der Waals surface area contributed by atoms with E-state index < -0.39 is 24.8 Å². The number of amides is 1. The molecule has 186 valence electrons. The molecular weight excluding hydrogens is 464 g/mol. The fraction of sp³-hybridized carbons (Fsp3) is 0.417. The molecule has 1 amide bonds. The molecule has 35 heavy (non-hydrogen) atoms. The van der Waals surface area contributed by atoms with Crippen molar-refractivity contribution in [1.29, 1.82) is 0 Å². The van der Waals surface area contributed by atoms with Gasteiger partial charge in [-0.05, 0) is 44.5 Å². The van der Waals surface area contributed by atoms with Gasteiger partial charge in [-0.1, -0.05) is 12.0 Å². The number of nitrogens with zero attached hydrogens (tertiary/aromatic N) is 3. The van der Waals surface area contributed by atoms with Crippen molar-refractivity contribution in [3.63, 3.8) is 0 Å². The lowest BCUT2D eigenvalue weighted by Gasteiger charge is -2.33. The second-order valence-corrected chi connectivity index (χ2v) is 8.70. The molecule has 0 bridgehead atoms. The lowest BCUT2D eigenvalue weighted by atomic mass is 10.0. The number of piperidine rings is 1. The van der Waals surface area contributed by atoms with Crippen molar-refractivity contribution in [3.8, 4) is 11.8 Å². The predicted molar refractivity (Wildman–Crippen MR) is 124 cm³/mol. The van der Waals surface area contributed by atoms with Gasteiger partial charge in [-0.2, -0.15) is 18.3 Å². The van der Waals surface area contributed by atoms with Gasteiger partial charge >= 0.3 is 6.18 Å². The molecule has 7 nitrogen and oxygen atoms in total. The Morgan fingerprint density at radius 1 is 1.34 bits per heavy atom. The molecule has 4 rings (SSSR count). The van der Waals surface area contributed by atoms with E-state index in [-0.39, 0.29) is 35.8 Å². The van der Waals surface area contributed by atoms with E-state index in [2.05, 4.69) is 32.6 Å². The highest BCUT2D eigenvalue weighted by Gasteiger charge is 2.32. The third kappa shape index (κ3) is 5.95. The quantitative estimate of drug-likeness (QED) is 0.379. The molecule has 0 unspecified atom stereocenters. The van der Waals surface area contributed by atoms with E-state index in [0.717, 1.165) is 5.69 Å². The number of likely N-dealkylation sites (tertiary alicyclic amines) is 1. The van der Waals surface area contributed by atoms with Gasteiger partial charge in [0, 0.05) is 30.5 Å². The molecule has 11 heteroatoms. The summed E-state index contributed by atoms with van der Waals surface area (Å²) in [5.41, 5.74) is 1.40. The monoisotopic (exact) mass is 490 g/mol. The van der Waals surface area contributed by atoms with Gasteiger partial charge in [0.25, 0.3) is 5.91 Å². The van der Waals surface area contributed by atoms with Gasteiger partial charge in [-0.25, -0.2) is 8.91 Å². The number of carbonyl (C=O) groups excluding carboxylic acids is 1. The average molecular weight is 491 g/mol. The first-order chi connectivity index (χ1) is 16.6. The number of pyridine rings is 1. The first-order valence-corrected chi connectivity index (χ1v) is 11.2. The van der Waals surface area contributed by atoms with Crippen LogP contribution in [0.2, 0.25) is 0 Å². The zero-order chi connectivity index (χ0) is 25.2. The molecule has 0 aromatic carbocycles. The lowest BCUT2D eigenvalue weighted by Crippen LogP contribution is -2.46. The summed E-state index contributed by atoms with van der Waals surface area (Å²) in [5.74, 6) is 5.41. The van der Waals surface area contributed by atoms with Gasteiger partial charge < -0.3 is 20.5 Å². The number of H-pyrrole nitrogens is 1. The zero-order valence-electron chi connectivity index (χ0n) is 19.3. The number of anilines is 1. The summed E-state index contributed by atoms with van der Waals surface area (Å²) >= 11 is 0. The second-order valence-electron chi connectivity index (χ2n) is 8.70. The highest BCUT2D eigenvalue weighted by atomic mass is 19.4. The van der Waals surface area contributed by atoms with Gasteiger partial charge in [-0.3, -0.25) is 4.79 Å². The van der Waals surface area contributed by atoms with Crippen molar-refractivity contribution >= 4 is 17.2 Å². The van der Waals surface area contributed by atoms with Crippen LogP contribution in [0.5, 0.6) is 0 Å². The number of hydrogen-bond acceptors (Lipinski definition) is 4. The molecule has 1 saturated heterocycles. The van der Waals surface area contributed by atoms with Crippen LogP contribution in [0.25, 0.3) is 5.52 Å². The SMILES string of the molecule is Cc1cc(C(=O)NCC#Cc2nn3c(N[C@@H]4CCN(C)C[C@@H]4F)cccc3c2CC(F)(F)F)c[nH]1. The Balaban J connectivity index is 1.59. The fourth-order valence-corrected chi connectivity index (χ4v) is 4.11. The van der Waals surface area contributed by atoms with Crippen LogP contribution >= 0.6 is 0 Å². The molecule has 0 aliphatic carbocycles. The number of aromatic amines is 1. The van der Waals surface area contributed by atoms with Crippen molar-refractivity contribution in [2.45, 2.75) is 38.2 Å². The minimum atomic E-state index is -4.47. The van der Waals surface area contributed by atoms with Crippen LogP contribution in [-0.2, 0) is 6.42 Å². The number of alkyl halides is 4. The number of rotatable bonds is 5. The number of carbonyl (C=O) groups is 1. The summed E-state index contributed by atoms with van der Waals surface area (Å²) in [6, 6.07) is 5.99. The Kier molecular flexibility index (Phi) is 7.03. The zero-order valence-corrected chi connectivity index (χ0v) is 19.3. The summed E-state index contributed by atoms with van der Waals surface area (Å²) in [6.07, 6.45) is -4.69. The van der Waals surface area contributed by atoms with Gasteiger partial charge in [0.1, 0.15) is 17.7 Å². The summed E-state index contributed by atoms with van der Waals surface area (Å²) in [6.45, 7) is 2.73. The molecule has 0 saturated carbocycles. The van der Waals surface area contributed by atoms with Crippen LogP contribution < -0.4 is 10.6 Å². The van der Waals surface area contributed by atoms with Crippen molar-refractivity contribution in [3.05, 3.63) is 53.0 Å². The minimum Gasteiger partial charge on any atom is -0.364 e. The molecule has 1 aliphatic heterocycles. The summed E-state index contributed by atoms with van der Waals surface area (Å²) in [5, 5.41) is 10.0. The van der Waals surface area contributed by atoms with Crippen LogP contribution in [0, 0.1) is 18.8 Å². The van der Waals surface area contributed by atoms with Crippen molar-refractivity contribution in [1.82, 2.24) is 24.8 Å². The molecule has 2 atom stereocenters. The molecule has 0 spiro atoms. The maximum absolute atomic E-state index is 14.5. The van der Waals surface area contributed by atoms with Crippen LogP contribution in [0.3, 0.4) is 0 Å². The van der Waals surface area contributed by atoms with E-state index in [9.17, 15) is 22.4 Å². The van der Waals surface area contributed by atoms with E-state index >= 15 is 0 Å². The third-order valence-electron chi connectivity index (χ3n) is 5.85. The molecule has 1 fully saturated rings. The van der Waals surface area contributed by atoms with Gasteiger partial charge in [0.2, 0.25) is 0 Å². The third-order valence-corrected chi connectivity index (χ3v) is 5.85. The van der Waals surface area contributed by atoms with E-state index in [1.165, 1.54) is 10.6 Å². The Labute approximate surface area is 199 Å². The highest BCUT2D eigenvalue weighted by Crippen LogP contribution is 2.28. The van der Waals surface area contributed by atoms with E-state index in [1.807, 2.05) is 18.9 Å². The maximum atomic E-state index is 14.5. The lowest BCUT2D eigenvalue weighted by molar-refractivity contribution is -0.127. The van der Waals surface area contributed by atoms with Gasteiger partial charge in [0.05, 0.1) is 30.1 Å². The molecule has 4 heterocycles. The van der Waals surface area contributed by atoms with E-state index in [0.29, 0.717) is 24.3 Å².